The molecule has 1 nitrogen and oxygen atoms in total. The first kappa shape index (κ1) is 14.4. The van der Waals surface area contributed by atoms with Crippen molar-refractivity contribution in [3.8, 4) is 0 Å². The molecule has 104 valence electrons. The molecule has 0 N–H and O–H groups in total. The van der Waals surface area contributed by atoms with Gasteiger partial charge in [0.25, 0.3) is 0 Å². The Kier molecular flexibility index (Phi) is 4.29. The van der Waals surface area contributed by atoms with E-state index in [0.29, 0.717) is 0 Å². The predicted octanol–water partition coefficient (Wildman–Crippen LogP) is 5.05. The number of aryl methyl sites for hydroxylation is 3. The topological polar surface area (TPSA) is 4.93 Å². The highest BCUT2D eigenvalue weighted by molar-refractivity contribution is 5.53. The molecule has 0 bridgehead atoms. The fourth-order valence-electron chi connectivity index (χ4n) is 2.28. The maximum absolute atomic E-state index is 3.92. The van der Waals surface area contributed by atoms with Gasteiger partial charge in [-0.05, 0) is 62.1 Å². The maximum atomic E-state index is 3.92. The summed E-state index contributed by atoms with van der Waals surface area (Å²) in [6.07, 6.45) is 6.38. The van der Waals surface area contributed by atoms with Crippen molar-refractivity contribution < 1.29 is 0 Å². The first-order valence-electron chi connectivity index (χ1n) is 7.03. The molecule has 0 aliphatic rings. The number of rotatable bonds is 4. The molecule has 0 fully saturated rings. The molecule has 0 atom stereocenters. The number of hydrogen-bond acceptors (Lipinski definition) is 0. The van der Waals surface area contributed by atoms with Crippen LogP contribution in [0.4, 0.5) is 0 Å². The van der Waals surface area contributed by atoms with Gasteiger partial charge in [0.2, 0.25) is 0 Å². The van der Waals surface area contributed by atoms with E-state index in [4.69, 9.17) is 0 Å². The molecule has 1 heteroatoms. The molecular formula is C19H23N. The van der Waals surface area contributed by atoms with E-state index in [0.717, 1.165) is 12.1 Å². The summed E-state index contributed by atoms with van der Waals surface area (Å²) in [7, 11) is 0. The van der Waals surface area contributed by atoms with Gasteiger partial charge in [-0.25, -0.2) is 0 Å². The maximum Gasteiger partial charge on any atom is 0.0476 e. The normalized spacial score (nSPS) is 11.2. The van der Waals surface area contributed by atoms with Crippen molar-refractivity contribution in [1.29, 1.82) is 0 Å². The van der Waals surface area contributed by atoms with Crippen LogP contribution in [0, 0.1) is 20.8 Å². The van der Waals surface area contributed by atoms with E-state index in [1.54, 1.807) is 0 Å². The van der Waals surface area contributed by atoms with Crippen LogP contribution in [0.3, 0.4) is 0 Å². The second-order valence-corrected chi connectivity index (χ2v) is 5.61. The zero-order chi connectivity index (χ0) is 14.7. The van der Waals surface area contributed by atoms with Crippen LogP contribution < -0.4 is 0 Å². The summed E-state index contributed by atoms with van der Waals surface area (Å²) in [6.45, 7) is 13.3. The van der Waals surface area contributed by atoms with Crippen LogP contribution in [0.2, 0.25) is 0 Å². The summed E-state index contributed by atoms with van der Waals surface area (Å²) in [5.41, 5.74) is 7.67. The molecule has 20 heavy (non-hydrogen) atoms. The highest BCUT2D eigenvalue weighted by Gasteiger charge is 2.04. The van der Waals surface area contributed by atoms with Gasteiger partial charge in [0.15, 0.2) is 0 Å². The molecule has 1 aromatic carbocycles. The van der Waals surface area contributed by atoms with E-state index in [-0.39, 0.29) is 0 Å². The average Bonchev–Trinajstić information content (AvgIpc) is 2.72. The van der Waals surface area contributed by atoms with E-state index in [1.807, 2.05) is 6.92 Å². The smallest absolute Gasteiger partial charge is 0.0476 e. The summed E-state index contributed by atoms with van der Waals surface area (Å²) in [4.78, 5) is 0. The SMILES string of the molecule is C=C(C)/C=C\c1c(C)ccn1Cc1ccc(C)c(C)c1. The third-order valence-corrected chi connectivity index (χ3v) is 3.67. The van der Waals surface area contributed by atoms with Gasteiger partial charge in [0, 0.05) is 18.4 Å². The van der Waals surface area contributed by atoms with E-state index < -0.39 is 0 Å². The molecule has 0 radical (unpaired) electrons. The minimum absolute atomic E-state index is 0.908. The van der Waals surface area contributed by atoms with Crippen molar-refractivity contribution in [2.24, 2.45) is 0 Å². The minimum atomic E-state index is 0.908. The lowest BCUT2D eigenvalue weighted by atomic mass is 10.1. The molecule has 2 aromatic rings. The standard InChI is InChI=1S/C19H23N/c1-14(2)6-9-19-16(4)10-11-20(19)13-18-8-7-15(3)17(5)12-18/h6-12H,1,13H2,2-5H3/b9-6-. The van der Waals surface area contributed by atoms with Gasteiger partial charge in [0.1, 0.15) is 0 Å². The third-order valence-electron chi connectivity index (χ3n) is 3.67. The number of nitrogens with zero attached hydrogens (tertiary/aromatic N) is 1. The number of hydrogen-bond donors (Lipinski definition) is 0. The van der Waals surface area contributed by atoms with Crippen molar-refractivity contribution in [3.05, 3.63) is 76.6 Å². The van der Waals surface area contributed by atoms with Crippen molar-refractivity contribution in [1.82, 2.24) is 4.57 Å². The quantitative estimate of drug-likeness (QED) is 0.682. The lowest BCUT2D eigenvalue weighted by Crippen LogP contribution is -2.01. The molecule has 0 aliphatic heterocycles. The van der Waals surface area contributed by atoms with Crippen LogP contribution in [-0.2, 0) is 6.54 Å². The van der Waals surface area contributed by atoms with Gasteiger partial charge in [-0.15, -0.1) is 0 Å². The summed E-state index contributed by atoms with van der Waals surface area (Å²) in [5, 5.41) is 0. The van der Waals surface area contributed by atoms with Crippen LogP contribution in [0.15, 0.2) is 48.7 Å². The van der Waals surface area contributed by atoms with E-state index >= 15 is 0 Å². The second kappa shape index (κ2) is 5.96. The van der Waals surface area contributed by atoms with Crippen molar-refractivity contribution in [2.75, 3.05) is 0 Å². The molecule has 0 saturated heterocycles. The summed E-state index contributed by atoms with van der Waals surface area (Å²) < 4.78 is 2.29. The molecule has 0 unspecified atom stereocenters. The highest BCUT2D eigenvalue weighted by Crippen LogP contribution is 2.17. The van der Waals surface area contributed by atoms with Crippen molar-refractivity contribution >= 4 is 6.08 Å². The van der Waals surface area contributed by atoms with Crippen molar-refractivity contribution in [2.45, 2.75) is 34.2 Å². The zero-order valence-electron chi connectivity index (χ0n) is 12.9. The van der Waals surface area contributed by atoms with Crippen LogP contribution in [0.25, 0.3) is 6.08 Å². The lowest BCUT2D eigenvalue weighted by molar-refractivity contribution is 0.794. The lowest BCUT2D eigenvalue weighted by Gasteiger charge is -2.10. The van der Waals surface area contributed by atoms with E-state index in [9.17, 15) is 0 Å². The molecule has 1 heterocycles. The zero-order valence-corrected chi connectivity index (χ0v) is 12.9. The Hall–Kier alpha value is -2.02. The highest BCUT2D eigenvalue weighted by atomic mass is 15.0. The number of allylic oxidation sites excluding steroid dienone is 2. The van der Waals surface area contributed by atoms with Crippen LogP contribution in [0.5, 0.6) is 0 Å². The van der Waals surface area contributed by atoms with Gasteiger partial charge in [0.05, 0.1) is 0 Å². The minimum Gasteiger partial charge on any atom is -0.343 e. The Balaban J connectivity index is 2.29. The molecule has 1 aromatic heterocycles. The third kappa shape index (κ3) is 3.30. The molecular weight excluding hydrogens is 242 g/mol. The molecule has 0 spiro atoms. The second-order valence-electron chi connectivity index (χ2n) is 5.61. The molecule has 0 saturated carbocycles. The fourth-order valence-corrected chi connectivity index (χ4v) is 2.28. The van der Waals surface area contributed by atoms with Gasteiger partial charge >= 0.3 is 0 Å². The molecule has 2 rings (SSSR count). The Bertz CT molecular complexity index is 656. The Labute approximate surface area is 122 Å². The Morgan fingerprint density at radius 1 is 1.10 bits per heavy atom. The van der Waals surface area contributed by atoms with Crippen molar-refractivity contribution in [3.63, 3.8) is 0 Å². The monoisotopic (exact) mass is 265 g/mol. The molecule has 0 amide bonds. The predicted molar refractivity (Wildman–Crippen MR) is 88.0 cm³/mol. The average molecular weight is 265 g/mol. The first-order chi connectivity index (χ1) is 9.47. The number of benzene rings is 1. The van der Waals surface area contributed by atoms with Crippen LogP contribution >= 0.6 is 0 Å². The van der Waals surface area contributed by atoms with E-state index in [1.165, 1.54) is 27.9 Å². The Morgan fingerprint density at radius 2 is 1.85 bits per heavy atom. The summed E-state index contributed by atoms with van der Waals surface area (Å²) >= 11 is 0. The van der Waals surface area contributed by atoms with E-state index in [2.05, 4.69) is 74.5 Å². The Morgan fingerprint density at radius 3 is 2.50 bits per heavy atom. The first-order valence-corrected chi connectivity index (χ1v) is 7.03. The van der Waals surface area contributed by atoms with Gasteiger partial charge in [-0.3, -0.25) is 0 Å². The van der Waals surface area contributed by atoms with Gasteiger partial charge < -0.3 is 4.57 Å². The summed E-state index contributed by atoms with van der Waals surface area (Å²) in [5.74, 6) is 0. The van der Waals surface area contributed by atoms with Gasteiger partial charge in [-0.1, -0.05) is 36.4 Å². The van der Waals surface area contributed by atoms with Crippen LogP contribution in [-0.4, -0.2) is 4.57 Å². The number of aromatic nitrogens is 1. The largest absolute Gasteiger partial charge is 0.343 e. The molecule has 0 aliphatic carbocycles. The van der Waals surface area contributed by atoms with Gasteiger partial charge in [-0.2, -0.15) is 0 Å². The summed E-state index contributed by atoms with van der Waals surface area (Å²) in [6, 6.07) is 8.85. The van der Waals surface area contributed by atoms with Crippen LogP contribution in [0.1, 0.15) is 34.9 Å². The fraction of sp³-hybridized carbons (Fsp3) is 0.263.